The third-order valence-corrected chi connectivity index (χ3v) is 3.11. The van der Waals surface area contributed by atoms with Crippen LogP contribution in [0.5, 0.6) is 11.5 Å². The third-order valence-electron chi connectivity index (χ3n) is 3.11. The number of methoxy groups -OCH3 is 2. The predicted octanol–water partition coefficient (Wildman–Crippen LogP) is 2.68. The lowest BCUT2D eigenvalue weighted by atomic mass is 9.98. The molecule has 0 saturated carbocycles. The van der Waals surface area contributed by atoms with Gasteiger partial charge in [-0.25, -0.2) is 0 Å². The van der Waals surface area contributed by atoms with Crippen LogP contribution in [-0.2, 0) is 0 Å². The molecule has 1 aliphatic heterocycles. The smallest absolute Gasteiger partial charge is 0.127 e. The monoisotopic (exact) mass is 233 g/mol. The third kappa shape index (κ3) is 2.61. The molecule has 1 atom stereocenters. The Balaban J connectivity index is 2.34. The van der Waals surface area contributed by atoms with Gasteiger partial charge < -0.3 is 14.8 Å². The van der Waals surface area contributed by atoms with Gasteiger partial charge in [0.25, 0.3) is 0 Å². The summed E-state index contributed by atoms with van der Waals surface area (Å²) in [6.45, 7) is 3.19. The maximum atomic E-state index is 5.43. The summed E-state index contributed by atoms with van der Waals surface area (Å²) < 4.78 is 10.6. The summed E-state index contributed by atoms with van der Waals surface area (Å²) in [5.74, 6) is 1.69. The molecule has 0 bridgehead atoms. The Morgan fingerprint density at radius 1 is 1.24 bits per heavy atom. The average molecular weight is 233 g/mol. The van der Waals surface area contributed by atoms with Gasteiger partial charge >= 0.3 is 0 Å². The zero-order valence-electron chi connectivity index (χ0n) is 10.6. The molecular weight excluding hydrogens is 214 g/mol. The highest BCUT2D eigenvalue weighted by Gasteiger charge is 2.17. The molecule has 1 aromatic rings. The summed E-state index contributed by atoms with van der Waals surface area (Å²) in [6.07, 6.45) is 3.38. The van der Waals surface area contributed by atoms with Crippen LogP contribution in [0.1, 0.15) is 24.9 Å². The first kappa shape index (κ1) is 12.0. The Morgan fingerprint density at radius 3 is 2.71 bits per heavy atom. The van der Waals surface area contributed by atoms with Gasteiger partial charge in [-0.05, 0) is 32.0 Å². The van der Waals surface area contributed by atoms with Crippen LogP contribution >= 0.6 is 0 Å². The van der Waals surface area contributed by atoms with E-state index in [0.29, 0.717) is 0 Å². The van der Waals surface area contributed by atoms with Gasteiger partial charge in [-0.2, -0.15) is 0 Å². The van der Waals surface area contributed by atoms with Gasteiger partial charge in [0.1, 0.15) is 11.5 Å². The Hall–Kier alpha value is -1.48. The fourth-order valence-corrected chi connectivity index (χ4v) is 2.13. The van der Waals surface area contributed by atoms with E-state index in [9.17, 15) is 0 Å². The van der Waals surface area contributed by atoms with Crippen molar-refractivity contribution in [2.75, 3.05) is 20.8 Å². The Morgan fingerprint density at radius 2 is 2.06 bits per heavy atom. The Bertz CT molecular complexity index is 426. The van der Waals surface area contributed by atoms with Crippen LogP contribution in [0.4, 0.5) is 0 Å². The molecule has 0 saturated heterocycles. The summed E-state index contributed by atoms with van der Waals surface area (Å²) in [5.41, 5.74) is 2.58. The average Bonchev–Trinajstić information content (AvgIpc) is 2.38. The van der Waals surface area contributed by atoms with Crippen LogP contribution < -0.4 is 14.8 Å². The van der Waals surface area contributed by atoms with Crippen LogP contribution in [-0.4, -0.2) is 20.8 Å². The van der Waals surface area contributed by atoms with Crippen molar-refractivity contribution in [3.63, 3.8) is 0 Å². The van der Waals surface area contributed by atoms with Crippen molar-refractivity contribution < 1.29 is 9.47 Å². The molecule has 17 heavy (non-hydrogen) atoms. The maximum absolute atomic E-state index is 5.43. The fraction of sp³-hybridized carbons (Fsp3) is 0.429. The predicted molar refractivity (Wildman–Crippen MR) is 68.7 cm³/mol. The molecular formula is C14H19NO2. The Labute approximate surface area is 102 Å². The van der Waals surface area contributed by atoms with E-state index < -0.39 is 0 Å². The molecule has 0 fully saturated rings. The first-order chi connectivity index (χ1) is 8.24. The molecule has 0 spiro atoms. The quantitative estimate of drug-likeness (QED) is 0.814. The van der Waals surface area contributed by atoms with E-state index in [1.165, 1.54) is 5.57 Å². The van der Waals surface area contributed by atoms with Crippen molar-refractivity contribution in [2.24, 2.45) is 0 Å². The highest BCUT2D eigenvalue weighted by atomic mass is 16.5. The summed E-state index contributed by atoms with van der Waals surface area (Å²) >= 11 is 0. The topological polar surface area (TPSA) is 30.5 Å². The number of nitrogens with one attached hydrogen (secondary N) is 1. The van der Waals surface area contributed by atoms with Crippen LogP contribution in [0.2, 0.25) is 0 Å². The molecule has 1 unspecified atom stereocenters. The zero-order chi connectivity index (χ0) is 12.3. The molecule has 3 heteroatoms. The van der Waals surface area contributed by atoms with E-state index >= 15 is 0 Å². The normalized spacial score (nSPS) is 19.7. The molecule has 1 N–H and O–H groups in total. The van der Waals surface area contributed by atoms with Crippen molar-refractivity contribution >= 4 is 0 Å². The minimum atomic E-state index is 0.240. The lowest BCUT2D eigenvalue weighted by Crippen LogP contribution is -2.25. The molecule has 0 aromatic heterocycles. The number of ether oxygens (including phenoxy) is 2. The van der Waals surface area contributed by atoms with E-state index in [4.69, 9.17) is 9.47 Å². The molecule has 0 aliphatic carbocycles. The molecule has 0 radical (unpaired) electrons. The molecule has 0 amide bonds. The van der Waals surface area contributed by atoms with Crippen LogP contribution in [0.25, 0.3) is 0 Å². The number of rotatable bonds is 3. The van der Waals surface area contributed by atoms with Crippen molar-refractivity contribution in [3.8, 4) is 11.5 Å². The number of hydrogen-bond donors (Lipinski definition) is 1. The maximum Gasteiger partial charge on any atom is 0.127 e. The second-order valence-corrected chi connectivity index (χ2v) is 4.30. The van der Waals surface area contributed by atoms with Gasteiger partial charge in [0.15, 0.2) is 0 Å². The van der Waals surface area contributed by atoms with Crippen molar-refractivity contribution in [1.29, 1.82) is 0 Å². The van der Waals surface area contributed by atoms with Gasteiger partial charge in [-0.1, -0.05) is 11.6 Å². The lowest BCUT2D eigenvalue weighted by Gasteiger charge is -2.23. The van der Waals surface area contributed by atoms with E-state index in [-0.39, 0.29) is 6.04 Å². The van der Waals surface area contributed by atoms with E-state index in [2.05, 4.69) is 24.4 Å². The molecule has 3 nitrogen and oxygen atoms in total. The van der Waals surface area contributed by atoms with E-state index in [0.717, 1.165) is 30.0 Å². The van der Waals surface area contributed by atoms with E-state index in [1.807, 2.05) is 12.1 Å². The summed E-state index contributed by atoms with van der Waals surface area (Å²) in [5, 5.41) is 3.48. The summed E-state index contributed by atoms with van der Waals surface area (Å²) in [4.78, 5) is 0. The van der Waals surface area contributed by atoms with Crippen molar-refractivity contribution in [1.82, 2.24) is 5.32 Å². The van der Waals surface area contributed by atoms with Crippen molar-refractivity contribution in [2.45, 2.75) is 19.4 Å². The standard InChI is InChI=1S/C14H19NO2/c1-10-6-7-15-13(8-10)12-5-4-11(16-2)9-14(12)17-3/h4-5,8-9,13,15H,6-7H2,1-3H3. The second kappa shape index (κ2) is 5.23. The largest absolute Gasteiger partial charge is 0.497 e. The minimum absolute atomic E-state index is 0.240. The lowest BCUT2D eigenvalue weighted by molar-refractivity contribution is 0.387. The molecule has 92 valence electrons. The van der Waals surface area contributed by atoms with Crippen molar-refractivity contribution in [3.05, 3.63) is 35.4 Å². The summed E-state index contributed by atoms with van der Waals surface area (Å²) in [6, 6.07) is 6.20. The summed E-state index contributed by atoms with van der Waals surface area (Å²) in [7, 11) is 3.36. The van der Waals surface area contributed by atoms with Gasteiger partial charge in [0.05, 0.1) is 20.3 Å². The van der Waals surface area contributed by atoms with E-state index in [1.54, 1.807) is 14.2 Å². The molecule has 1 heterocycles. The molecule has 1 aliphatic rings. The SMILES string of the molecule is COc1ccc(C2C=C(C)CCN2)c(OC)c1. The van der Waals surface area contributed by atoms with Gasteiger partial charge in [0, 0.05) is 11.6 Å². The van der Waals surface area contributed by atoms with Gasteiger partial charge in [-0.3, -0.25) is 0 Å². The Kier molecular flexibility index (Phi) is 3.69. The van der Waals surface area contributed by atoms with Crippen LogP contribution in [0, 0.1) is 0 Å². The number of benzene rings is 1. The van der Waals surface area contributed by atoms with Crippen LogP contribution in [0.3, 0.4) is 0 Å². The molecule has 2 rings (SSSR count). The second-order valence-electron chi connectivity index (χ2n) is 4.30. The highest BCUT2D eigenvalue weighted by Crippen LogP contribution is 2.32. The van der Waals surface area contributed by atoms with Gasteiger partial charge in [0.2, 0.25) is 0 Å². The minimum Gasteiger partial charge on any atom is -0.497 e. The number of hydrogen-bond acceptors (Lipinski definition) is 3. The van der Waals surface area contributed by atoms with Crippen LogP contribution in [0.15, 0.2) is 29.8 Å². The molecule has 1 aromatic carbocycles. The first-order valence-electron chi connectivity index (χ1n) is 5.87. The zero-order valence-corrected chi connectivity index (χ0v) is 10.6. The highest BCUT2D eigenvalue weighted by molar-refractivity contribution is 5.44. The van der Waals surface area contributed by atoms with Gasteiger partial charge in [-0.15, -0.1) is 0 Å². The first-order valence-corrected chi connectivity index (χ1v) is 5.87. The fourth-order valence-electron chi connectivity index (χ4n) is 2.13.